The van der Waals surface area contributed by atoms with Crippen molar-refractivity contribution in [2.45, 2.75) is 195 Å². The maximum atomic E-state index is 8.63. The normalized spacial score (nSPS) is 11.4. The fraction of sp³-hybridized carbons (Fsp3) is 0.737. The summed E-state index contributed by atoms with van der Waals surface area (Å²) in [5.74, 6) is 0.571. The Bertz CT molecular complexity index is 1890. The van der Waals surface area contributed by atoms with Crippen LogP contribution in [0.25, 0.3) is 33.9 Å². The highest BCUT2D eigenvalue weighted by molar-refractivity contribution is 4.97. The molecule has 0 heterocycles. The third-order valence-electron chi connectivity index (χ3n) is 10.2. The minimum Gasteiger partial charge on any atom is -0.317 e. The lowest BCUT2D eigenvalue weighted by Gasteiger charge is -2.06. The van der Waals surface area contributed by atoms with Gasteiger partial charge in [-0.25, -0.2) is 46.0 Å². The molecule has 15 nitrogen and oxygen atoms in total. The molecule has 0 N–H and O–H groups in total. The Morgan fingerprint density at radius 2 is 0.750 bits per heavy atom. The zero-order chi connectivity index (χ0) is 56.2. The van der Waals surface area contributed by atoms with E-state index in [4.69, 9.17) is 88.1 Å². The maximum Gasteiger partial charge on any atom is 0.307 e. The van der Waals surface area contributed by atoms with Crippen LogP contribution >= 0.6 is 0 Å². The molecule has 0 aliphatic rings. The first-order valence-electron chi connectivity index (χ1n) is 25.4. The van der Waals surface area contributed by atoms with Crippen molar-refractivity contribution in [3.05, 3.63) is 79.9 Å². The summed E-state index contributed by atoms with van der Waals surface area (Å²) in [5, 5.41) is 67.5. The zero-order valence-corrected chi connectivity index (χ0v) is 44.8. The van der Waals surface area contributed by atoms with E-state index >= 15 is 0 Å². The number of unbranched alkanes of at least 4 members (excludes halogenated alkanes) is 5. The molecule has 0 spiro atoms. The fourth-order valence-corrected chi connectivity index (χ4v) is 5.74. The van der Waals surface area contributed by atoms with Crippen LogP contribution < -0.4 is 0 Å². The molecule has 0 aliphatic carbocycles. The topological polar surface area (TPSA) is 221 Å². The molecule has 0 bridgehead atoms. The first-order valence-corrected chi connectivity index (χ1v) is 25.4. The Morgan fingerprint density at radius 1 is 0.347 bits per heavy atom. The maximum absolute atomic E-state index is 8.63. The predicted molar refractivity (Wildman–Crippen MR) is 285 cm³/mol. The van der Waals surface area contributed by atoms with E-state index in [1.165, 1.54) is 12.8 Å². The van der Waals surface area contributed by atoms with Gasteiger partial charge in [0.05, 0.1) is 60.2 Å². The Balaban J connectivity index is -0.000000137. The highest BCUT2D eigenvalue weighted by Crippen LogP contribution is 2.15. The molecule has 0 rings (SSSR count). The number of nitriles is 8. The van der Waals surface area contributed by atoms with Crippen LogP contribution in [0.2, 0.25) is 0 Å². The summed E-state index contributed by atoms with van der Waals surface area (Å²) in [6.07, 6.45) is 21.0. The largest absolute Gasteiger partial charge is 0.317 e. The van der Waals surface area contributed by atoms with Gasteiger partial charge in [0.15, 0.2) is 6.07 Å². The number of hydrogen-bond acceptors (Lipinski definition) is 8. The predicted octanol–water partition coefficient (Wildman–Crippen LogP) is 15.7. The van der Waals surface area contributed by atoms with Gasteiger partial charge < -0.3 is 29.1 Å². The van der Waals surface area contributed by atoms with Gasteiger partial charge in [-0.15, -0.1) is 0 Å². The molecule has 0 aliphatic heterocycles. The molecule has 0 amide bonds. The van der Waals surface area contributed by atoms with Crippen LogP contribution in [0.3, 0.4) is 0 Å². The van der Waals surface area contributed by atoms with Crippen LogP contribution in [0.15, 0.2) is 0 Å². The summed E-state index contributed by atoms with van der Waals surface area (Å²) in [6, 6.07) is 16.4. The third-order valence-corrected chi connectivity index (χ3v) is 10.2. The monoisotopic (exact) mass is 978 g/mol. The molecule has 0 saturated carbocycles. The Morgan fingerprint density at radius 3 is 1.10 bits per heavy atom. The van der Waals surface area contributed by atoms with E-state index in [9.17, 15) is 0 Å². The standard InChI is InChI=1S/3C9H14N2.C8H9N3.C8H12N2.2C7H10N2/c1-3-4-9(5-7-10)6-8-11-2;1-3-4-5-9(8-10)6-7-11-2;1-3-4-5-6-9(7-10)8-11-2;1-11-7-8(6-10)4-2-3-5-9;1-3-4-8(7-9)5-6-10-2;1-3-7(6-8)4-5-9-2;1-3-4-5-7(6-8)9-2/h9H,3-6,8H2,1H3;9H,3-7H2,1H3;9H,3-6,8H2,1H3;8H,2-4,7H2;8H,3-6H2,1H3;2*7H,3-5H2,1H3. The van der Waals surface area contributed by atoms with E-state index in [0.29, 0.717) is 57.9 Å². The fourth-order valence-electron chi connectivity index (χ4n) is 5.74. The molecule has 0 radical (unpaired) electrons. The van der Waals surface area contributed by atoms with Crippen molar-refractivity contribution in [2.75, 3.05) is 39.3 Å². The quantitative estimate of drug-likeness (QED) is 0.0517. The summed E-state index contributed by atoms with van der Waals surface area (Å²) in [7, 11) is 0. The van der Waals surface area contributed by atoms with Gasteiger partial charge in [-0.05, 0) is 57.3 Å². The lowest BCUT2D eigenvalue weighted by atomic mass is 9.97. The van der Waals surface area contributed by atoms with Crippen molar-refractivity contribution in [3.63, 3.8) is 0 Å². The first kappa shape index (κ1) is 78.5. The van der Waals surface area contributed by atoms with Crippen molar-refractivity contribution >= 4 is 0 Å². The van der Waals surface area contributed by atoms with Crippen molar-refractivity contribution in [1.82, 2.24) is 0 Å². The Labute approximate surface area is 439 Å². The van der Waals surface area contributed by atoms with Crippen LogP contribution in [0.1, 0.15) is 189 Å². The summed E-state index contributed by atoms with van der Waals surface area (Å²) in [6.45, 7) is 61.0. The van der Waals surface area contributed by atoms with E-state index in [1.807, 2.05) is 25.1 Å². The molecular formula is C57H83N15. The van der Waals surface area contributed by atoms with Gasteiger partial charge in [0.2, 0.25) is 39.3 Å². The van der Waals surface area contributed by atoms with E-state index in [0.717, 1.165) is 116 Å². The average molecular weight is 978 g/mol. The number of rotatable bonds is 29. The van der Waals surface area contributed by atoms with Crippen molar-refractivity contribution in [3.8, 4) is 48.6 Å². The van der Waals surface area contributed by atoms with Gasteiger partial charge in [0.25, 0.3) is 0 Å². The molecule has 7 unspecified atom stereocenters. The second-order valence-electron chi connectivity index (χ2n) is 16.3. The van der Waals surface area contributed by atoms with E-state index in [2.05, 4.69) is 98.9 Å². The van der Waals surface area contributed by atoms with Gasteiger partial charge >= 0.3 is 6.04 Å². The Hall–Kier alpha value is -7.65. The SMILES string of the molecule is [C-]#[N+]C(C#N)CCCC.[C-]#[N+]CC(C#N)CCCC#N.[C-]#[N+]CC(C#N)CCCCC.[C-]#[N+]CCC(C#N)CC.[C-]#[N+]CCC(C#N)CCC.[C-]#[N+]CCC(C#N)CCCC.[C-]#[N+]CCC(CC#N)CCC. The van der Waals surface area contributed by atoms with E-state index < -0.39 is 6.04 Å². The number of nitrogens with zero attached hydrogens (tertiary/aromatic N) is 15. The first-order chi connectivity index (χ1) is 34.9. The van der Waals surface area contributed by atoms with Crippen LogP contribution in [0, 0.1) is 172 Å². The number of hydrogen-bond donors (Lipinski definition) is 0. The Kier molecular flexibility index (Phi) is 81.7. The highest BCUT2D eigenvalue weighted by atomic mass is 14.7. The molecule has 15 heteroatoms. The van der Waals surface area contributed by atoms with Crippen molar-refractivity contribution in [1.29, 1.82) is 42.1 Å². The summed E-state index contributed by atoms with van der Waals surface area (Å²) in [4.78, 5) is 22.4. The molecular weight excluding hydrogens is 895 g/mol. The molecule has 7 atom stereocenters. The van der Waals surface area contributed by atoms with Gasteiger partial charge in [0, 0.05) is 44.9 Å². The van der Waals surface area contributed by atoms with Crippen molar-refractivity contribution in [2.24, 2.45) is 35.5 Å². The molecule has 72 heavy (non-hydrogen) atoms. The molecule has 0 aromatic carbocycles. The van der Waals surface area contributed by atoms with Crippen LogP contribution in [-0.2, 0) is 0 Å². The third kappa shape index (κ3) is 71.4. The molecule has 0 saturated heterocycles. The lowest BCUT2D eigenvalue weighted by molar-refractivity contribution is 0.470. The molecule has 0 aromatic rings. The van der Waals surface area contributed by atoms with E-state index in [-0.39, 0.29) is 36.1 Å². The van der Waals surface area contributed by atoms with Gasteiger partial charge in [-0.3, -0.25) is 4.85 Å². The van der Waals surface area contributed by atoms with Crippen LogP contribution in [0.4, 0.5) is 0 Å². The summed E-state index contributed by atoms with van der Waals surface area (Å²) in [5.41, 5.74) is 0. The second kappa shape index (κ2) is 74.9. The smallest absolute Gasteiger partial charge is 0.307 e. The lowest BCUT2D eigenvalue weighted by Crippen LogP contribution is -2.00. The highest BCUT2D eigenvalue weighted by Gasteiger charge is 2.11. The minimum atomic E-state index is -0.398. The molecule has 386 valence electrons. The average Bonchev–Trinajstić information content (AvgIpc) is 3.40. The van der Waals surface area contributed by atoms with E-state index in [1.54, 1.807) is 0 Å². The van der Waals surface area contributed by atoms with Crippen LogP contribution in [0.5, 0.6) is 0 Å². The van der Waals surface area contributed by atoms with Gasteiger partial charge in [0.1, 0.15) is 11.8 Å². The molecule has 0 fully saturated rings. The molecule has 0 aromatic heterocycles. The summed E-state index contributed by atoms with van der Waals surface area (Å²) >= 11 is 0. The minimum absolute atomic E-state index is 0.0287. The second-order valence-corrected chi connectivity index (χ2v) is 16.3. The van der Waals surface area contributed by atoms with Crippen molar-refractivity contribution < 1.29 is 0 Å². The van der Waals surface area contributed by atoms with Crippen LogP contribution in [-0.4, -0.2) is 45.3 Å². The van der Waals surface area contributed by atoms with Gasteiger partial charge in [-0.2, -0.15) is 42.1 Å². The summed E-state index contributed by atoms with van der Waals surface area (Å²) < 4.78 is 0. The zero-order valence-electron chi connectivity index (χ0n) is 44.8. The van der Waals surface area contributed by atoms with Gasteiger partial charge in [-0.1, -0.05) is 92.9 Å².